The van der Waals surface area contributed by atoms with E-state index >= 15 is 0 Å². The zero-order valence-corrected chi connectivity index (χ0v) is 11.5. The zero-order chi connectivity index (χ0) is 12.3. The highest BCUT2D eigenvalue weighted by Crippen LogP contribution is 2.29. The molecule has 0 saturated carbocycles. The molecule has 88 valence electrons. The van der Waals surface area contributed by atoms with E-state index in [2.05, 4.69) is 5.32 Å². The van der Waals surface area contributed by atoms with E-state index in [-0.39, 0.29) is 5.91 Å². The second-order valence-corrected chi connectivity index (χ2v) is 5.83. The first-order chi connectivity index (χ1) is 7.34. The number of hydrogen-bond donors (Lipinski definition) is 1. The van der Waals surface area contributed by atoms with Gasteiger partial charge in [0.25, 0.3) is 0 Å². The van der Waals surface area contributed by atoms with Gasteiger partial charge in [-0.15, -0.1) is 11.8 Å². The van der Waals surface area contributed by atoms with Crippen LogP contribution in [0.1, 0.15) is 20.8 Å². The van der Waals surface area contributed by atoms with Gasteiger partial charge in [-0.1, -0.05) is 32.4 Å². The van der Waals surface area contributed by atoms with Crippen molar-refractivity contribution < 1.29 is 4.79 Å². The van der Waals surface area contributed by atoms with Crippen LogP contribution in [0.3, 0.4) is 0 Å². The molecule has 0 spiro atoms. The SMILES string of the molecule is CSc1cc(Cl)ccc1NC(=O)C(C)(C)C. The number of thioether (sulfide) groups is 1. The summed E-state index contributed by atoms with van der Waals surface area (Å²) >= 11 is 7.46. The van der Waals surface area contributed by atoms with E-state index in [0.29, 0.717) is 5.02 Å². The highest BCUT2D eigenvalue weighted by atomic mass is 35.5. The second kappa shape index (κ2) is 5.11. The minimum absolute atomic E-state index is 0.00474. The van der Waals surface area contributed by atoms with Crippen molar-refractivity contribution in [3.05, 3.63) is 23.2 Å². The number of hydrogen-bond acceptors (Lipinski definition) is 2. The third-order valence-electron chi connectivity index (χ3n) is 2.09. The minimum Gasteiger partial charge on any atom is -0.325 e. The van der Waals surface area contributed by atoms with Crippen LogP contribution in [0.25, 0.3) is 0 Å². The van der Waals surface area contributed by atoms with Gasteiger partial charge < -0.3 is 5.32 Å². The van der Waals surface area contributed by atoms with E-state index in [4.69, 9.17) is 11.6 Å². The van der Waals surface area contributed by atoms with Crippen LogP contribution in [-0.2, 0) is 4.79 Å². The van der Waals surface area contributed by atoms with Gasteiger partial charge in [0.2, 0.25) is 5.91 Å². The first-order valence-electron chi connectivity index (χ1n) is 4.99. The number of anilines is 1. The molecule has 0 radical (unpaired) electrons. The van der Waals surface area contributed by atoms with Gasteiger partial charge in [-0.3, -0.25) is 4.79 Å². The topological polar surface area (TPSA) is 29.1 Å². The Labute approximate surface area is 106 Å². The summed E-state index contributed by atoms with van der Waals surface area (Å²) in [5.74, 6) is 0.00474. The third kappa shape index (κ3) is 3.42. The molecule has 4 heteroatoms. The second-order valence-electron chi connectivity index (χ2n) is 4.55. The van der Waals surface area contributed by atoms with Crippen molar-refractivity contribution in [2.24, 2.45) is 5.41 Å². The number of rotatable bonds is 2. The lowest BCUT2D eigenvalue weighted by molar-refractivity contribution is -0.123. The Morgan fingerprint density at radius 3 is 2.50 bits per heavy atom. The molecule has 0 aliphatic heterocycles. The summed E-state index contributed by atoms with van der Waals surface area (Å²) in [4.78, 5) is 12.8. The maximum atomic E-state index is 11.8. The van der Waals surface area contributed by atoms with Gasteiger partial charge in [-0.05, 0) is 24.5 Å². The molecule has 0 atom stereocenters. The standard InChI is InChI=1S/C12H16ClNOS/c1-12(2,3)11(15)14-9-6-5-8(13)7-10(9)16-4/h5-7H,1-4H3,(H,14,15). The summed E-state index contributed by atoms with van der Waals surface area (Å²) in [5, 5.41) is 3.59. The molecule has 0 fully saturated rings. The zero-order valence-electron chi connectivity index (χ0n) is 9.93. The predicted molar refractivity (Wildman–Crippen MR) is 71.3 cm³/mol. The van der Waals surface area contributed by atoms with Crippen LogP contribution in [0.15, 0.2) is 23.1 Å². The number of halogens is 1. The molecule has 0 bridgehead atoms. The molecule has 0 aliphatic rings. The Kier molecular flexibility index (Phi) is 4.28. The van der Waals surface area contributed by atoms with E-state index in [1.807, 2.05) is 39.2 Å². The molecule has 2 nitrogen and oxygen atoms in total. The van der Waals surface area contributed by atoms with Crippen molar-refractivity contribution in [2.75, 3.05) is 11.6 Å². The molecule has 0 aliphatic carbocycles. The smallest absolute Gasteiger partial charge is 0.229 e. The lowest BCUT2D eigenvalue weighted by atomic mass is 9.95. The van der Waals surface area contributed by atoms with Crippen LogP contribution < -0.4 is 5.32 Å². The summed E-state index contributed by atoms with van der Waals surface area (Å²) in [7, 11) is 0. The first-order valence-corrected chi connectivity index (χ1v) is 6.60. The molecule has 1 aromatic carbocycles. The molecule has 1 amide bonds. The molecular weight excluding hydrogens is 242 g/mol. The Hall–Kier alpha value is -0.670. The van der Waals surface area contributed by atoms with Gasteiger partial charge in [0, 0.05) is 15.3 Å². The summed E-state index contributed by atoms with van der Waals surface area (Å²) in [5.41, 5.74) is 0.423. The van der Waals surface area contributed by atoms with Crippen molar-refractivity contribution in [2.45, 2.75) is 25.7 Å². The quantitative estimate of drug-likeness (QED) is 0.810. The number of carbonyl (C=O) groups is 1. The molecule has 0 heterocycles. The van der Waals surface area contributed by atoms with Gasteiger partial charge >= 0.3 is 0 Å². The van der Waals surface area contributed by atoms with Crippen molar-refractivity contribution in [1.82, 2.24) is 0 Å². The first kappa shape index (κ1) is 13.4. The van der Waals surface area contributed by atoms with Crippen LogP contribution in [0.5, 0.6) is 0 Å². The number of nitrogens with one attached hydrogen (secondary N) is 1. The molecular formula is C12H16ClNOS. The Morgan fingerprint density at radius 1 is 1.38 bits per heavy atom. The molecule has 0 aromatic heterocycles. The Morgan fingerprint density at radius 2 is 2.00 bits per heavy atom. The number of amides is 1. The third-order valence-corrected chi connectivity index (χ3v) is 3.11. The minimum atomic E-state index is -0.394. The highest BCUT2D eigenvalue weighted by Gasteiger charge is 2.21. The fraction of sp³-hybridized carbons (Fsp3) is 0.417. The summed E-state index contributed by atoms with van der Waals surface area (Å²) < 4.78 is 0. The summed E-state index contributed by atoms with van der Waals surface area (Å²) in [6.45, 7) is 5.66. The average Bonchev–Trinajstić information content (AvgIpc) is 2.19. The van der Waals surface area contributed by atoms with Crippen LogP contribution in [0, 0.1) is 5.41 Å². The van der Waals surface area contributed by atoms with E-state index in [9.17, 15) is 4.79 Å². The monoisotopic (exact) mass is 257 g/mol. The lowest BCUT2D eigenvalue weighted by Crippen LogP contribution is -2.27. The molecule has 16 heavy (non-hydrogen) atoms. The van der Waals surface area contributed by atoms with Crippen molar-refractivity contribution in [3.8, 4) is 0 Å². The lowest BCUT2D eigenvalue weighted by Gasteiger charge is -2.19. The molecule has 1 N–H and O–H groups in total. The summed E-state index contributed by atoms with van der Waals surface area (Å²) in [6, 6.07) is 5.46. The Balaban J connectivity index is 2.93. The van der Waals surface area contributed by atoms with Gasteiger partial charge in [-0.25, -0.2) is 0 Å². The van der Waals surface area contributed by atoms with Gasteiger partial charge in [0.15, 0.2) is 0 Å². The van der Waals surface area contributed by atoms with Crippen molar-refractivity contribution in [1.29, 1.82) is 0 Å². The van der Waals surface area contributed by atoms with Gasteiger partial charge in [0.05, 0.1) is 5.69 Å². The summed E-state index contributed by atoms with van der Waals surface area (Å²) in [6.07, 6.45) is 1.96. The van der Waals surface area contributed by atoms with Crippen molar-refractivity contribution >= 4 is 35.0 Å². The van der Waals surface area contributed by atoms with Gasteiger partial charge in [0.1, 0.15) is 0 Å². The van der Waals surface area contributed by atoms with Gasteiger partial charge in [-0.2, -0.15) is 0 Å². The average molecular weight is 258 g/mol. The van der Waals surface area contributed by atoms with Crippen LogP contribution in [-0.4, -0.2) is 12.2 Å². The number of benzene rings is 1. The highest BCUT2D eigenvalue weighted by molar-refractivity contribution is 7.98. The van der Waals surface area contributed by atoms with Crippen molar-refractivity contribution in [3.63, 3.8) is 0 Å². The molecule has 0 saturated heterocycles. The molecule has 1 rings (SSSR count). The van der Waals surface area contributed by atoms with Crippen LogP contribution in [0.2, 0.25) is 5.02 Å². The molecule has 1 aromatic rings. The maximum absolute atomic E-state index is 11.8. The fourth-order valence-electron chi connectivity index (χ4n) is 1.08. The maximum Gasteiger partial charge on any atom is 0.229 e. The van der Waals surface area contributed by atoms with Crippen LogP contribution in [0.4, 0.5) is 5.69 Å². The fourth-order valence-corrected chi connectivity index (χ4v) is 1.90. The molecule has 0 unspecified atom stereocenters. The van der Waals surface area contributed by atoms with E-state index in [0.717, 1.165) is 10.6 Å². The predicted octanol–water partition coefficient (Wildman–Crippen LogP) is 4.05. The Bertz CT molecular complexity index is 398. The number of carbonyl (C=O) groups excluding carboxylic acids is 1. The van der Waals surface area contributed by atoms with Crippen LogP contribution >= 0.6 is 23.4 Å². The van der Waals surface area contributed by atoms with E-state index in [1.54, 1.807) is 17.8 Å². The largest absolute Gasteiger partial charge is 0.325 e. The van der Waals surface area contributed by atoms with E-state index < -0.39 is 5.41 Å². The van der Waals surface area contributed by atoms with E-state index in [1.165, 1.54) is 0 Å². The normalized spacial score (nSPS) is 11.3.